The molecule has 1 fully saturated rings. The van der Waals surface area contributed by atoms with E-state index in [9.17, 15) is 4.79 Å². The number of amides is 1. The first-order valence-electron chi connectivity index (χ1n) is 7.43. The van der Waals surface area contributed by atoms with Crippen molar-refractivity contribution in [2.45, 2.75) is 18.8 Å². The van der Waals surface area contributed by atoms with Crippen molar-refractivity contribution in [2.75, 3.05) is 13.1 Å². The maximum absolute atomic E-state index is 12.5. The van der Waals surface area contributed by atoms with E-state index in [1.807, 2.05) is 29.2 Å². The number of hydrogen-bond acceptors (Lipinski definition) is 4. The molecule has 2 aromatic heterocycles. The molecule has 1 aromatic carbocycles. The van der Waals surface area contributed by atoms with Gasteiger partial charge in [-0.05, 0) is 25.0 Å². The highest BCUT2D eigenvalue weighted by atomic mass is 32.1. The molecule has 0 saturated carbocycles. The van der Waals surface area contributed by atoms with Gasteiger partial charge in [0.05, 0.1) is 22.7 Å². The molecule has 5 nitrogen and oxygen atoms in total. The second kappa shape index (κ2) is 5.53. The van der Waals surface area contributed by atoms with Crippen LogP contribution in [-0.4, -0.2) is 38.8 Å². The number of benzene rings is 1. The van der Waals surface area contributed by atoms with Crippen LogP contribution in [0.5, 0.6) is 0 Å². The molecule has 1 aliphatic heterocycles. The van der Waals surface area contributed by atoms with Crippen molar-refractivity contribution in [1.82, 2.24) is 19.9 Å². The first-order chi connectivity index (χ1) is 10.8. The van der Waals surface area contributed by atoms with Crippen LogP contribution in [0.2, 0.25) is 0 Å². The van der Waals surface area contributed by atoms with Gasteiger partial charge in [-0.3, -0.25) is 9.78 Å². The van der Waals surface area contributed by atoms with Crippen LogP contribution in [0.4, 0.5) is 0 Å². The fourth-order valence-electron chi connectivity index (χ4n) is 3.03. The number of hydrogen-bond donors (Lipinski definition) is 1. The fourth-order valence-corrected chi connectivity index (χ4v) is 3.61. The second-order valence-electron chi connectivity index (χ2n) is 5.60. The number of piperidine rings is 1. The molecule has 1 atom stereocenters. The van der Waals surface area contributed by atoms with Crippen molar-refractivity contribution in [3.63, 3.8) is 0 Å². The molecule has 112 valence electrons. The van der Waals surface area contributed by atoms with E-state index in [1.165, 1.54) is 11.3 Å². The number of imidazole rings is 1. The van der Waals surface area contributed by atoms with Crippen molar-refractivity contribution in [3.8, 4) is 0 Å². The number of nitrogens with zero attached hydrogens (tertiary/aromatic N) is 3. The van der Waals surface area contributed by atoms with E-state index in [0.29, 0.717) is 4.88 Å². The Hall–Kier alpha value is -2.21. The minimum atomic E-state index is 0.0864. The molecule has 3 aromatic rings. The van der Waals surface area contributed by atoms with Crippen LogP contribution in [-0.2, 0) is 0 Å². The van der Waals surface area contributed by atoms with Crippen LogP contribution < -0.4 is 0 Å². The molecular weight excluding hydrogens is 296 g/mol. The highest BCUT2D eigenvalue weighted by molar-refractivity contribution is 7.11. The molecule has 0 aliphatic carbocycles. The van der Waals surface area contributed by atoms with Crippen LogP contribution >= 0.6 is 11.3 Å². The highest BCUT2D eigenvalue weighted by Crippen LogP contribution is 2.27. The number of aromatic amines is 1. The lowest BCUT2D eigenvalue weighted by Crippen LogP contribution is -2.39. The molecule has 0 unspecified atom stereocenters. The van der Waals surface area contributed by atoms with Crippen molar-refractivity contribution < 1.29 is 4.79 Å². The Bertz CT molecular complexity index is 762. The molecule has 1 aliphatic rings. The van der Waals surface area contributed by atoms with Gasteiger partial charge < -0.3 is 9.88 Å². The lowest BCUT2D eigenvalue weighted by atomic mass is 9.97. The predicted octanol–water partition coefficient (Wildman–Crippen LogP) is 3.04. The molecule has 4 rings (SSSR count). The molecule has 1 N–H and O–H groups in total. The van der Waals surface area contributed by atoms with Gasteiger partial charge in [-0.25, -0.2) is 4.98 Å². The standard InChI is InChI=1S/C16H16N4OS/c21-16(14-8-17-10-22-14)20-7-3-4-11(9-20)15-18-12-5-1-2-6-13(12)19-15/h1-2,5-6,8,10-11H,3-4,7,9H2,(H,18,19)/t11-/m0/s1. The number of rotatable bonds is 2. The minimum Gasteiger partial charge on any atom is -0.342 e. The molecule has 1 saturated heterocycles. The summed E-state index contributed by atoms with van der Waals surface area (Å²) in [5.74, 6) is 1.35. The van der Waals surface area contributed by atoms with E-state index in [4.69, 9.17) is 0 Å². The summed E-state index contributed by atoms with van der Waals surface area (Å²) in [4.78, 5) is 27.2. The van der Waals surface area contributed by atoms with E-state index in [2.05, 4.69) is 15.0 Å². The third-order valence-corrected chi connectivity index (χ3v) is 4.91. The maximum atomic E-state index is 12.5. The minimum absolute atomic E-state index is 0.0864. The number of fused-ring (bicyclic) bond motifs is 1. The van der Waals surface area contributed by atoms with Crippen molar-refractivity contribution >= 4 is 28.3 Å². The number of carbonyl (C=O) groups is 1. The van der Waals surface area contributed by atoms with Gasteiger partial charge in [0, 0.05) is 19.0 Å². The second-order valence-corrected chi connectivity index (χ2v) is 6.48. The monoisotopic (exact) mass is 312 g/mol. The Morgan fingerprint density at radius 2 is 2.27 bits per heavy atom. The largest absolute Gasteiger partial charge is 0.342 e. The fraction of sp³-hybridized carbons (Fsp3) is 0.312. The van der Waals surface area contributed by atoms with E-state index >= 15 is 0 Å². The quantitative estimate of drug-likeness (QED) is 0.791. The Morgan fingerprint density at radius 1 is 1.36 bits per heavy atom. The molecule has 3 heterocycles. The molecule has 0 bridgehead atoms. The Morgan fingerprint density at radius 3 is 3.09 bits per heavy atom. The van der Waals surface area contributed by atoms with Gasteiger partial charge in [0.1, 0.15) is 10.7 Å². The third-order valence-electron chi connectivity index (χ3n) is 4.15. The van der Waals surface area contributed by atoms with Crippen LogP contribution in [0.1, 0.15) is 34.3 Å². The molecule has 0 radical (unpaired) electrons. The topological polar surface area (TPSA) is 61.9 Å². The van der Waals surface area contributed by atoms with Gasteiger partial charge in [0.15, 0.2) is 0 Å². The summed E-state index contributed by atoms with van der Waals surface area (Å²) in [6.07, 6.45) is 3.72. The normalized spacial score (nSPS) is 18.7. The number of likely N-dealkylation sites (tertiary alicyclic amines) is 1. The molecule has 1 amide bonds. The number of H-pyrrole nitrogens is 1. The SMILES string of the molecule is O=C(c1cncs1)N1CCC[C@H](c2nc3ccccc3[nH]2)C1. The summed E-state index contributed by atoms with van der Waals surface area (Å²) in [5, 5.41) is 0. The van der Waals surface area contributed by atoms with Crippen molar-refractivity contribution in [1.29, 1.82) is 0 Å². The zero-order valence-electron chi connectivity index (χ0n) is 12.0. The van der Waals surface area contributed by atoms with Crippen molar-refractivity contribution in [3.05, 3.63) is 46.7 Å². The summed E-state index contributed by atoms with van der Waals surface area (Å²) in [7, 11) is 0. The molecule has 0 spiro atoms. The number of carbonyl (C=O) groups excluding carboxylic acids is 1. The van der Waals surface area contributed by atoms with E-state index < -0.39 is 0 Å². The zero-order chi connectivity index (χ0) is 14.9. The molecule has 22 heavy (non-hydrogen) atoms. The lowest BCUT2D eigenvalue weighted by Gasteiger charge is -2.31. The summed E-state index contributed by atoms with van der Waals surface area (Å²) in [6, 6.07) is 8.05. The van der Waals surface area contributed by atoms with Crippen LogP contribution in [0.25, 0.3) is 11.0 Å². The van der Waals surface area contributed by atoms with E-state index in [-0.39, 0.29) is 11.8 Å². The first-order valence-corrected chi connectivity index (χ1v) is 8.31. The van der Waals surface area contributed by atoms with Crippen LogP contribution in [0.15, 0.2) is 36.0 Å². The van der Waals surface area contributed by atoms with Gasteiger partial charge in [-0.1, -0.05) is 12.1 Å². The summed E-state index contributed by atoms with van der Waals surface area (Å²) < 4.78 is 0. The smallest absolute Gasteiger partial charge is 0.265 e. The van der Waals surface area contributed by atoms with Crippen LogP contribution in [0.3, 0.4) is 0 Å². The van der Waals surface area contributed by atoms with E-state index in [0.717, 1.165) is 42.8 Å². The molecular formula is C16H16N4OS. The average Bonchev–Trinajstić information content (AvgIpc) is 3.23. The number of aromatic nitrogens is 3. The Kier molecular flexibility index (Phi) is 3.38. The van der Waals surface area contributed by atoms with E-state index in [1.54, 1.807) is 11.7 Å². The molecule has 6 heteroatoms. The number of nitrogens with one attached hydrogen (secondary N) is 1. The maximum Gasteiger partial charge on any atom is 0.265 e. The summed E-state index contributed by atoms with van der Waals surface area (Å²) >= 11 is 1.40. The third kappa shape index (κ3) is 2.39. The zero-order valence-corrected chi connectivity index (χ0v) is 12.8. The first kappa shape index (κ1) is 13.5. The summed E-state index contributed by atoms with van der Waals surface area (Å²) in [5.41, 5.74) is 3.75. The van der Waals surface area contributed by atoms with Crippen LogP contribution in [0, 0.1) is 0 Å². The number of thiazole rings is 1. The van der Waals surface area contributed by atoms with Gasteiger partial charge in [0.25, 0.3) is 5.91 Å². The number of para-hydroxylation sites is 2. The Balaban J connectivity index is 1.56. The van der Waals surface area contributed by atoms with Gasteiger partial charge in [-0.2, -0.15) is 0 Å². The van der Waals surface area contributed by atoms with Gasteiger partial charge in [0.2, 0.25) is 0 Å². The predicted molar refractivity (Wildman–Crippen MR) is 86.1 cm³/mol. The van der Waals surface area contributed by atoms with Crippen molar-refractivity contribution in [2.24, 2.45) is 0 Å². The average molecular weight is 312 g/mol. The highest BCUT2D eigenvalue weighted by Gasteiger charge is 2.27. The lowest BCUT2D eigenvalue weighted by molar-refractivity contribution is 0.0709. The Labute approximate surface area is 132 Å². The van der Waals surface area contributed by atoms with Gasteiger partial charge >= 0.3 is 0 Å². The summed E-state index contributed by atoms with van der Waals surface area (Å²) in [6.45, 7) is 1.53. The van der Waals surface area contributed by atoms with Gasteiger partial charge in [-0.15, -0.1) is 11.3 Å².